The first-order valence-electron chi connectivity index (χ1n) is 8.12. The summed E-state index contributed by atoms with van der Waals surface area (Å²) in [6, 6.07) is 11.0. The highest BCUT2D eigenvalue weighted by Gasteiger charge is 2.20. The van der Waals surface area contributed by atoms with Crippen LogP contribution in [0.5, 0.6) is 0 Å². The predicted molar refractivity (Wildman–Crippen MR) is 104 cm³/mol. The van der Waals surface area contributed by atoms with Gasteiger partial charge in [-0.3, -0.25) is 9.40 Å². The summed E-state index contributed by atoms with van der Waals surface area (Å²) in [6.45, 7) is 6.08. The topological polar surface area (TPSA) is 64.0 Å². The minimum atomic E-state index is -3.67. The van der Waals surface area contributed by atoms with E-state index in [0.717, 1.165) is 22.3 Å². The Balaban J connectivity index is 1.88. The van der Waals surface area contributed by atoms with Gasteiger partial charge in [0, 0.05) is 11.9 Å². The highest BCUT2D eigenvalue weighted by atomic mass is 35.5. The molecule has 0 unspecified atom stereocenters. The zero-order valence-electron chi connectivity index (χ0n) is 14.8. The number of halogens is 1. The van der Waals surface area contributed by atoms with Crippen LogP contribution in [0, 0.1) is 20.8 Å². The van der Waals surface area contributed by atoms with Crippen molar-refractivity contribution >= 4 is 27.3 Å². The van der Waals surface area contributed by atoms with E-state index in [1.807, 2.05) is 45.0 Å². The third-order valence-electron chi connectivity index (χ3n) is 4.00. The monoisotopic (exact) mass is 389 g/mol. The van der Waals surface area contributed by atoms with Crippen LogP contribution in [0.15, 0.2) is 53.7 Å². The number of aryl methyl sites for hydroxylation is 3. The third-order valence-corrected chi connectivity index (χ3v) is 5.88. The normalized spacial score (nSPS) is 11.5. The molecule has 0 atom stereocenters. The van der Waals surface area contributed by atoms with Crippen LogP contribution in [-0.4, -0.2) is 18.2 Å². The maximum atomic E-state index is 12.9. The molecule has 0 aliphatic heterocycles. The van der Waals surface area contributed by atoms with E-state index < -0.39 is 10.0 Å². The van der Waals surface area contributed by atoms with E-state index in [-0.39, 0.29) is 0 Å². The second kappa shape index (κ2) is 7.13. The molecule has 5 nitrogen and oxygen atoms in total. The Morgan fingerprint density at radius 2 is 1.81 bits per heavy atom. The van der Waals surface area contributed by atoms with Crippen LogP contribution < -0.4 is 4.72 Å². The lowest BCUT2D eigenvalue weighted by Gasteiger charge is -2.14. The lowest BCUT2D eigenvalue weighted by atomic mass is 10.1. The third kappa shape index (κ3) is 4.08. The van der Waals surface area contributed by atoms with Gasteiger partial charge in [-0.1, -0.05) is 41.4 Å². The van der Waals surface area contributed by atoms with Gasteiger partial charge in [-0.05, 0) is 49.6 Å². The van der Waals surface area contributed by atoms with Gasteiger partial charge in [-0.15, -0.1) is 0 Å². The first kappa shape index (κ1) is 18.5. The smallest absolute Gasteiger partial charge is 0.262 e. The molecule has 0 saturated heterocycles. The molecular formula is C19H20ClN3O2S. The molecule has 0 aliphatic rings. The molecule has 0 aliphatic carbocycles. The average Bonchev–Trinajstić information content (AvgIpc) is 2.90. The highest BCUT2D eigenvalue weighted by molar-refractivity contribution is 7.92. The molecule has 136 valence electrons. The van der Waals surface area contributed by atoms with Crippen molar-refractivity contribution < 1.29 is 8.42 Å². The molecular weight excluding hydrogens is 370 g/mol. The van der Waals surface area contributed by atoms with Gasteiger partial charge in [0.2, 0.25) is 0 Å². The van der Waals surface area contributed by atoms with E-state index in [4.69, 9.17) is 11.6 Å². The molecule has 3 aromatic rings. The van der Waals surface area contributed by atoms with Crippen LogP contribution >= 0.6 is 11.6 Å². The Hall–Kier alpha value is -2.31. The first-order chi connectivity index (χ1) is 12.2. The predicted octanol–water partition coefficient (Wildman–Crippen LogP) is 4.31. The van der Waals surface area contributed by atoms with Crippen LogP contribution in [-0.2, 0) is 16.6 Å². The lowest BCUT2D eigenvalue weighted by molar-refractivity contribution is 0.600. The summed E-state index contributed by atoms with van der Waals surface area (Å²) in [5.41, 5.74) is 3.94. The fourth-order valence-corrected chi connectivity index (χ4v) is 4.80. The number of hydrogen-bond donors (Lipinski definition) is 1. The largest absolute Gasteiger partial charge is 0.280 e. The number of sulfonamides is 1. The quantitative estimate of drug-likeness (QED) is 0.707. The SMILES string of the molecule is Cc1cc(C)c(S(=O)(=O)Nc2cccc(Cn3cc(Cl)cn3)c2)c(C)c1. The summed E-state index contributed by atoms with van der Waals surface area (Å²) in [4.78, 5) is 0.326. The van der Waals surface area contributed by atoms with Gasteiger partial charge in [-0.2, -0.15) is 5.10 Å². The van der Waals surface area contributed by atoms with Gasteiger partial charge in [0.1, 0.15) is 0 Å². The molecule has 0 saturated carbocycles. The summed E-state index contributed by atoms with van der Waals surface area (Å²) >= 11 is 5.88. The van der Waals surface area contributed by atoms with E-state index in [2.05, 4.69) is 9.82 Å². The average molecular weight is 390 g/mol. The summed E-state index contributed by atoms with van der Waals surface area (Å²) in [6.07, 6.45) is 3.29. The van der Waals surface area contributed by atoms with Crippen molar-refractivity contribution in [2.24, 2.45) is 0 Å². The number of nitrogens with zero attached hydrogens (tertiary/aromatic N) is 2. The van der Waals surface area contributed by atoms with E-state index in [0.29, 0.717) is 22.2 Å². The van der Waals surface area contributed by atoms with Crippen LogP contribution in [0.25, 0.3) is 0 Å². The van der Waals surface area contributed by atoms with Crippen molar-refractivity contribution in [2.75, 3.05) is 4.72 Å². The van der Waals surface area contributed by atoms with Gasteiger partial charge in [0.15, 0.2) is 0 Å². The molecule has 7 heteroatoms. The Kier molecular flexibility index (Phi) is 5.07. The van der Waals surface area contributed by atoms with Crippen molar-refractivity contribution in [1.82, 2.24) is 9.78 Å². The van der Waals surface area contributed by atoms with Crippen LogP contribution in [0.1, 0.15) is 22.3 Å². The molecule has 1 heterocycles. The van der Waals surface area contributed by atoms with Gasteiger partial charge in [0.05, 0.1) is 22.7 Å². The number of anilines is 1. The van der Waals surface area contributed by atoms with Crippen molar-refractivity contribution in [1.29, 1.82) is 0 Å². The van der Waals surface area contributed by atoms with Crippen LogP contribution in [0.4, 0.5) is 5.69 Å². The van der Waals surface area contributed by atoms with Crippen molar-refractivity contribution in [3.63, 3.8) is 0 Å². The van der Waals surface area contributed by atoms with Gasteiger partial charge in [-0.25, -0.2) is 8.42 Å². The zero-order valence-corrected chi connectivity index (χ0v) is 16.4. The Labute approximate surface area is 158 Å². The highest BCUT2D eigenvalue weighted by Crippen LogP contribution is 2.25. The van der Waals surface area contributed by atoms with E-state index >= 15 is 0 Å². The fraction of sp³-hybridized carbons (Fsp3) is 0.211. The Morgan fingerprint density at radius 3 is 2.42 bits per heavy atom. The lowest BCUT2D eigenvalue weighted by Crippen LogP contribution is -2.16. The minimum Gasteiger partial charge on any atom is -0.280 e. The van der Waals surface area contributed by atoms with Crippen LogP contribution in [0.3, 0.4) is 0 Å². The maximum absolute atomic E-state index is 12.9. The first-order valence-corrected chi connectivity index (χ1v) is 9.98. The summed E-state index contributed by atoms with van der Waals surface area (Å²) in [5, 5.41) is 4.70. The Bertz CT molecular complexity index is 1040. The second-order valence-electron chi connectivity index (χ2n) is 6.39. The Morgan fingerprint density at radius 1 is 1.12 bits per heavy atom. The summed E-state index contributed by atoms with van der Waals surface area (Å²) in [7, 11) is -3.67. The molecule has 0 fully saturated rings. The second-order valence-corrected chi connectivity index (χ2v) is 8.45. The summed E-state index contributed by atoms with van der Waals surface area (Å²) in [5.74, 6) is 0. The molecule has 0 radical (unpaired) electrons. The van der Waals surface area contributed by atoms with Gasteiger partial charge in [0.25, 0.3) is 10.0 Å². The van der Waals surface area contributed by atoms with E-state index in [1.165, 1.54) is 0 Å². The molecule has 0 bridgehead atoms. The van der Waals surface area contributed by atoms with Crippen molar-refractivity contribution in [3.8, 4) is 0 Å². The summed E-state index contributed by atoms with van der Waals surface area (Å²) < 4.78 is 30.1. The molecule has 0 spiro atoms. The number of aromatic nitrogens is 2. The van der Waals surface area contributed by atoms with Crippen molar-refractivity contribution in [2.45, 2.75) is 32.2 Å². The molecule has 26 heavy (non-hydrogen) atoms. The minimum absolute atomic E-state index is 0.326. The maximum Gasteiger partial charge on any atom is 0.262 e. The zero-order chi connectivity index (χ0) is 18.9. The molecule has 2 aromatic carbocycles. The van der Waals surface area contributed by atoms with Gasteiger partial charge >= 0.3 is 0 Å². The fourth-order valence-electron chi connectivity index (χ4n) is 3.14. The van der Waals surface area contributed by atoms with Crippen LogP contribution in [0.2, 0.25) is 5.02 Å². The number of hydrogen-bond acceptors (Lipinski definition) is 3. The molecule has 3 rings (SSSR count). The molecule has 0 amide bonds. The number of nitrogens with one attached hydrogen (secondary N) is 1. The molecule has 1 aromatic heterocycles. The standard InChI is InChI=1S/C19H20ClN3O2S/c1-13-7-14(2)19(15(3)8-13)26(24,25)22-18-6-4-5-16(9-18)11-23-12-17(20)10-21-23/h4-10,12,22H,11H2,1-3H3. The van der Waals surface area contributed by atoms with E-state index in [9.17, 15) is 8.42 Å². The molecule has 1 N–H and O–H groups in total. The number of rotatable bonds is 5. The number of benzene rings is 2. The van der Waals surface area contributed by atoms with Gasteiger partial charge < -0.3 is 0 Å². The van der Waals surface area contributed by atoms with E-state index in [1.54, 1.807) is 29.2 Å². The van der Waals surface area contributed by atoms with Crippen molar-refractivity contribution in [3.05, 3.63) is 76.1 Å².